The van der Waals surface area contributed by atoms with Gasteiger partial charge in [0.05, 0.1) is 23.9 Å². The summed E-state index contributed by atoms with van der Waals surface area (Å²) in [5.41, 5.74) is 3.42. The fourth-order valence-corrected chi connectivity index (χ4v) is 2.40. The number of carbonyl (C=O) groups excluding carboxylic acids is 1. The monoisotopic (exact) mass is 336 g/mol. The molecule has 0 saturated carbocycles. The Balaban J connectivity index is 1.88. The van der Waals surface area contributed by atoms with Gasteiger partial charge in [-0.3, -0.25) is 4.79 Å². The number of nitrogens with zero attached hydrogens (tertiary/aromatic N) is 1. The van der Waals surface area contributed by atoms with E-state index in [2.05, 4.69) is 10.5 Å². The van der Waals surface area contributed by atoms with E-state index in [4.69, 9.17) is 9.15 Å². The van der Waals surface area contributed by atoms with Gasteiger partial charge in [-0.2, -0.15) is 5.10 Å². The van der Waals surface area contributed by atoms with Gasteiger partial charge in [0.15, 0.2) is 0 Å². The SMILES string of the molecule is COc1ccccc1C(=O)N/N=C(/C)c1cc2ccccc2oc1=O. The molecule has 0 saturated heterocycles. The highest BCUT2D eigenvalue weighted by Crippen LogP contribution is 2.17. The number of ether oxygens (including phenoxy) is 1. The molecule has 6 heteroatoms. The molecule has 126 valence electrons. The van der Waals surface area contributed by atoms with Crippen LogP contribution in [-0.4, -0.2) is 18.7 Å². The van der Waals surface area contributed by atoms with Crippen molar-refractivity contribution >= 4 is 22.6 Å². The first-order chi connectivity index (χ1) is 12.1. The summed E-state index contributed by atoms with van der Waals surface area (Å²) in [7, 11) is 1.49. The minimum absolute atomic E-state index is 0.291. The third-order valence-corrected chi connectivity index (χ3v) is 3.71. The van der Waals surface area contributed by atoms with Crippen molar-refractivity contribution in [3.63, 3.8) is 0 Å². The van der Waals surface area contributed by atoms with Crippen molar-refractivity contribution in [2.24, 2.45) is 5.10 Å². The van der Waals surface area contributed by atoms with E-state index in [0.717, 1.165) is 5.39 Å². The minimum atomic E-state index is -0.508. The lowest BCUT2D eigenvalue weighted by atomic mass is 10.1. The fraction of sp³-hybridized carbons (Fsp3) is 0.105. The molecule has 0 aliphatic rings. The molecule has 2 aromatic carbocycles. The summed E-state index contributed by atoms with van der Waals surface area (Å²) >= 11 is 0. The van der Waals surface area contributed by atoms with Crippen molar-refractivity contribution < 1.29 is 13.9 Å². The fourth-order valence-electron chi connectivity index (χ4n) is 2.40. The van der Waals surface area contributed by atoms with Crippen LogP contribution in [0.3, 0.4) is 0 Å². The molecule has 0 aliphatic heterocycles. The van der Waals surface area contributed by atoms with Gasteiger partial charge in [-0.05, 0) is 31.2 Å². The summed E-state index contributed by atoms with van der Waals surface area (Å²) in [6.07, 6.45) is 0. The molecular formula is C19H16N2O4. The Morgan fingerprint density at radius 1 is 1.08 bits per heavy atom. The molecule has 0 radical (unpaired) electrons. The molecule has 0 aliphatic carbocycles. The molecule has 0 spiro atoms. The Morgan fingerprint density at radius 2 is 1.80 bits per heavy atom. The zero-order valence-corrected chi connectivity index (χ0v) is 13.8. The maximum atomic E-state index is 12.3. The van der Waals surface area contributed by atoms with E-state index in [0.29, 0.717) is 28.2 Å². The van der Waals surface area contributed by atoms with E-state index in [1.165, 1.54) is 7.11 Å². The number of hydrogen-bond donors (Lipinski definition) is 1. The van der Waals surface area contributed by atoms with Crippen LogP contribution in [0.25, 0.3) is 11.0 Å². The van der Waals surface area contributed by atoms with E-state index < -0.39 is 11.5 Å². The molecule has 1 amide bonds. The van der Waals surface area contributed by atoms with Crippen LogP contribution in [0.4, 0.5) is 0 Å². The number of methoxy groups -OCH3 is 1. The highest BCUT2D eigenvalue weighted by atomic mass is 16.5. The molecule has 0 atom stereocenters. The first-order valence-corrected chi connectivity index (χ1v) is 7.61. The van der Waals surface area contributed by atoms with Crippen LogP contribution in [0.2, 0.25) is 0 Å². The van der Waals surface area contributed by atoms with Crippen molar-refractivity contribution in [2.75, 3.05) is 7.11 Å². The maximum absolute atomic E-state index is 12.3. The number of fused-ring (bicyclic) bond motifs is 1. The second-order valence-corrected chi connectivity index (χ2v) is 5.32. The Kier molecular flexibility index (Phi) is 4.61. The van der Waals surface area contributed by atoms with Crippen molar-refractivity contribution in [2.45, 2.75) is 6.92 Å². The van der Waals surface area contributed by atoms with Gasteiger partial charge in [0.25, 0.3) is 5.91 Å². The van der Waals surface area contributed by atoms with Gasteiger partial charge < -0.3 is 9.15 Å². The predicted molar refractivity (Wildman–Crippen MR) is 95.2 cm³/mol. The molecule has 25 heavy (non-hydrogen) atoms. The van der Waals surface area contributed by atoms with E-state index in [9.17, 15) is 9.59 Å². The van der Waals surface area contributed by atoms with Crippen LogP contribution in [0, 0.1) is 0 Å². The molecule has 6 nitrogen and oxygen atoms in total. The molecular weight excluding hydrogens is 320 g/mol. The summed E-state index contributed by atoms with van der Waals surface area (Å²) in [4.78, 5) is 24.4. The third-order valence-electron chi connectivity index (χ3n) is 3.71. The first kappa shape index (κ1) is 16.4. The van der Waals surface area contributed by atoms with Crippen LogP contribution in [0.1, 0.15) is 22.8 Å². The van der Waals surface area contributed by atoms with Gasteiger partial charge in [-0.15, -0.1) is 0 Å². The molecule has 0 unspecified atom stereocenters. The Bertz CT molecular complexity index is 1020. The van der Waals surface area contributed by atoms with E-state index in [-0.39, 0.29) is 0 Å². The van der Waals surface area contributed by atoms with Crippen molar-refractivity contribution in [3.8, 4) is 5.75 Å². The van der Waals surface area contributed by atoms with Crippen molar-refractivity contribution in [3.05, 3.63) is 76.1 Å². The summed E-state index contributed by atoms with van der Waals surface area (Å²) in [5.74, 6) is 0.0139. The quantitative estimate of drug-likeness (QED) is 0.451. The van der Waals surface area contributed by atoms with Crippen LogP contribution >= 0.6 is 0 Å². The number of rotatable bonds is 4. The summed E-state index contributed by atoms with van der Waals surface area (Å²) in [6, 6.07) is 15.7. The number of benzene rings is 2. The topological polar surface area (TPSA) is 80.9 Å². The normalized spacial score (nSPS) is 11.4. The van der Waals surface area contributed by atoms with Crippen LogP contribution in [-0.2, 0) is 0 Å². The predicted octanol–water partition coefficient (Wildman–Crippen LogP) is 2.96. The van der Waals surface area contributed by atoms with Gasteiger partial charge in [0, 0.05) is 5.39 Å². The Hall–Kier alpha value is -3.41. The number of hydrogen-bond acceptors (Lipinski definition) is 5. The van der Waals surface area contributed by atoms with E-state index >= 15 is 0 Å². The number of nitrogens with one attached hydrogen (secondary N) is 1. The molecule has 1 heterocycles. The smallest absolute Gasteiger partial charge is 0.345 e. The van der Waals surface area contributed by atoms with Gasteiger partial charge in [-0.25, -0.2) is 10.2 Å². The molecule has 0 bridgehead atoms. The van der Waals surface area contributed by atoms with Crippen LogP contribution in [0.5, 0.6) is 5.75 Å². The lowest BCUT2D eigenvalue weighted by molar-refractivity contribution is 0.0952. The van der Waals surface area contributed by atoms with Crippen molar-refractivity contribution in [1.29, 1.82) is 0 Å². The van der Waals surface area contributed by atoms with Gasteiger partial charge in [0.2, 0.25) is 0 Å². The lowest BCUT2D eigenvalue weighted by Gasteiger charge is -2.07. The Labute approximate surface area is 143 Å². The van der Waals surface area contributed by atoms with Crippen LogP contribution in [0.15, 0.2) is 68.9 Å². The van der Waals surface area contributed by atoms with E-state index in [1.807, 2.05) is 12.1 Å². The average molecular weight is 336 g/mol. The average Bonchev–Trinajstić information content (AvgIpc) is 2.65. The number of amides is 1. The highest BCUT2D eigenvalue weighted by molar-refractivity contribution is 6.02. The third kappa shape index (κ3) is 3.42. The molecule has 3 rings (SSSR count). The number of para-hydroxylation sites is 2. The summed E-state index contributed by atoms with van der Waals surface area (Å²) in [5, 5.41) is 4.80. The minimum Gasteiger partial charge on any atom is -0.496 e. The van der Waals surface area contributed by atoms with Crippen LogP contribution < -0.4 is 15.8 Å². The zero-order chi connectivity index (χ0) is 17.8. The van der Waals surface area contributed by atoms with Gasteiger partial charge in [0.1, 0.15) is 11.3 Å². The Morgan fingerprint density at radius 3 is 2.60 bits per heavy atom. The van der Waals surface area contributed by atoms with Gasteiger partial charge in [-0.1, -0.05) is 30.3 Å². The second kappa shape index (κ2) is 7.00. The van der Waals surface area contributed by atoms with Gasteiger partial charge >= 0.3 is 5.63 Å². The second-order valence-electron chi connectivity index (χ2n) is 5.32. The number of hydrazone groups is 1. The summed E-state index contributed by atoms with van der Waals surface area (Å²) < 4.78 is 10.4. The molecule has 0 fully saturated rings. The summed E-state index contributed by atoms with van der Waals surface area (Å²) in [6.45, 7) is 1.63. The largest absolute Gasteiger partial charge is 0.496 e. The van der Waals surface area contributed by atoms with E-state index in [1.54, 1.807) is 49.4 Å². The molecule has 1 aromatic heterocycles. The van der Waals surface area contributed by atoms with Crippen molar-refractivity contribution in [1.82, 2.24) is 5.43 Å². The zero-order valence-electron chi connectivity index (χ0n) is 13.8. The molecule has 3 aromatic rings. The first-order valence-electron chi connectivity index (χ1n) is 7.61. The number of carbonyl (C=O) groups is 1. The molecule has 1 N–H and O–H groups in total. The maximum Gasteiger partial charge on any atom is 0.345 e. The lowest BCUT2D eigenvalue weighted by Crippen LogP contribution is -2.22. The standard InChI is InChI=1S/C19H16N2O4/c1-12(15-11-13-7-3-5-9-16(13)25-19(15)23)20-21-18(22)14-8-4-6-10-17(14)24-2/h3-11H,1-2H3,(H,21,22)/b20-12-. The highest BCUT2D eigenvalue weighted by Gasteiger charge is 2.12.